The van der Waals surface area contributed by atoms with Crippen molar-refractivity contribution in [3.63, 3.8) is 0 Å². The quantitative estimate of drug-likeness (QED) is 0.721. The van der Waals surface area contributed by atoms with Gasteiger partial charge in [0.25, 0.3) is 5.91 Å². The van der Waals surface area contributed by atoms with E-state index in [0.717, 1.165) is 5.56 Å². The van der Waals surface area contributed by atoms with Crippen LogP contribution in [0.1, 0.15) is 28.5 Å². The van der Waals surface area contributed by atoms with Gasteiger partial charge in [-0.15, -0.1) is 0 Å². The Bertz CT molecular complexity index is 729. The van der Waals surface area contributed by atoms with Crippen molar-refractivity contribution in [2.45, 2.75) is 26.4 Å². The van der Waals surface area contributed by atoms with Crippen molar-refractivity contribution in [3.05, 3.63) is 47.5 Å². The van der Waals surface area contributed by atoms with Gasteiger partial charge in [0.1, 0.15) is 17.8 Å². The summed E-state index contributed by atoms with van der Waals surface area (Å²) in [5.74, 6) is 1.20. The summed E-state index contributed by atoms with van der Waals surface area (Å²) in [5, 5.41) is 0. The molecule has 0 radical (unpaired) electrons. The highest BCUT2D eigenvalue weighted by Gasteiger charge is 2.24. The number of benzene rings is 1. The number of carbonyl (C=O) groups is 1. The van der Waals surface area contributed by atoms with Gasteiger partial charge in [-0.25, -0.2) is 9.97 Å². The first kappa shape index (κ1) is 19.7. The maximum absolute atomic E-state index is 13.1. The van der Waals surface area contributed by atoms with Gasteiger partial charge in [-0.2, -0.15) is 0 Å². The third-order valence-corrected chi connectivity index (χ3v) is 4.11. The van der Waals surface area contributed by atoms with E-state index in [1.807, 2.05) is 19.1 Å². The Balaban J connectivity index is 2.37. The largest absolute Gasteiger partial charge is 0.497 e. The lowest BCUT2D eigenvalue weighted by atomic mass is 10.1. The number of ether oxygens (including phenoxy) is 3. The molecule has 1 amide bonds. The first-order chi connectivity index (χ1) is 12.5. The van der Waals surface area contributed by atoms with Gasteiger partial charge >= 0.3 is 0 Å². The van der Waals surface area contributed by atoms with Gasteiger partial charge in [-0.3, -0.25) is 4.79 Å². The average molecular weight is 359 g/mol. The zero-order valence-corrected chi connectivity index (χ0v) is 15.9. The van der Waals surface area contributed by atoms with Crippen LogP contribution in [0.15, 0.2) is 30.7 Å². The molecule has 140 valence electrons. The predicted molar refractivity (Wildman–Crippen MR) is 97.5 cm³/mol. The van der Waals surface area contributed by atoms with Crippen LogP contribution >= 0.6 is 0 Å². The van der Waals surface area contributed by atoms with Crippen LogP contribution in [0.3, 0.4) is 0 Å². The summed E-state index contributed by atoms with van der Waals surface area (Å²) in [6.45, 7) is 4.53. The van der Waals surface area contributed by atoms with E-state index in [1.54, 1.807) is 45.4 Å². The summed E-state index contributed by atoms with van der Waals surface area (Å²) < 4.78 is 15.9. The van der Waals surface area contributed by atoms with Crippen LogP contribution in [0.5, 0.6) is 11.5 Å². The van der Waals surface area contributed by atoms with Crippen LogP contribution in [0.25, 0.3) is 0 Å². The Hall–Kier alpha value is -2.67. The van der Waals surface area contributed by atoms with Gasteiger partial charge in [0, 0.05) is 25.9 Å². The highest BCUT2D eigenvalue weighted by molar-refractivity contribution is 5.95. The van der Waals surface area contributed by atoms with Crippen molar-refractivity contribution >= 4 is 5.91 Å². The van der Waals surface area contributed by atoms with Crippen molar-refractivity contribution in [1.29, 1.82) is 0 Å². The number of hydrogen-bond acceptors (Lipinski definition) is 6. The van der Waals surface area contributed by atoms with Gasteiger partial charge in [-0.1, -0.05) is 0 Å². The molecule has 1 aromatic heterocycles. The number of aryl methyl sites for hydroxylation is 1. The number of methoxy groups -OCH3 is 3. The number of rotatable bonds is 8. The van der Waals surface area contributed by atoms with Crippen molar-refractivity contribution < 1.29 is 19.0 Å². The summed E-state index contributed by atoms with van der Waals surface area (Å²) in [6.07, 6.45) is 2.98. The van der Waals surface area contributed by atoms with E-state index >= 15 is 0 Å². The molecule has 0 aliphatic carbocycles. The van der Waals surface area contributed by atoms with E-state index in [4.69, 9.17) is 14.2 Å². The lowest BCUT2D eigenvalue weighted by Gasteiger charge is -2.29. The fraction of sp³-hybridized carbons (Fsp3) is 0.421. The fourth-order valence-electron chi connectivity index (χ4n) is 2.67. The van der Waals surface area contributed by atoms with Crippen LogP contribution in [0.2, 0.25) is 0 Å². The molecule has 2 rings (SSSR count). The van der Waals surface area contributed by atoms with Crippen LogP contribution in [-0.2, 0) is 11.3 Å². The Morgan fingerprint density at radius 1 is 1.15 bits per heavy atom. The molecule has 0 bridgehead atoms. The van der Waals surface area contributed by atoms with Crippen molar-refractivity contribution in [3.8, 4) is 11.5 Å². The first-order valence-electron chi connectivity index (χ1n) is 8.28. The summed E-state index contributed by atoms with van der Waals surface area (Å²) >= 11 is 0. The van der Waals surface area contributed by atoms with Crippen LogP contribution in [0.4, 0.5) is 0 Å². The molecular formula is C19H25N3O4. The van der Waals surface area contributed by atoms with Gasteiger partial charge in [0.2, 0.25) is 0 Å². The molecule has 0 N–H and O–H groups in total. The van der Waals surface area contributed by atoms with Crippen molar-refractivity contribution in [2.75, 3.05) is 27.9 Å². The van der Waals surface area contributed by atoms with Crippen LogP contribution in [-0.4, -0.2) is 54.8 Å². The number of carbonyl (C=O) groups excluding carboxylic acids is 1. The van der Waals surface area contributed by atoms with Crippen molar-refractivity contribution in [1.82, 2.24) is 14.9 Å². The molecule has 1 heterocycles. The van der Waals surface area contributed by atoms with E-state index in [9.17, 15) is 4.79 Å². The lowest BCUT2D eigenvalue weighted by Crippen LogP contribution is -2.41. The smallest absolute Gasteiger partial charge is 0.257 e. The second-order valence-corrected chi connectivity index (χ2v) is 5.98. The zero-order valence-electron chi connectivity index (χ0n) is 15.9. The Morgan fingerprint density at radius 3 is 2.35 bits per heavy atom. The van der Waals surface area contributed by atoms with Gasteiger partial charge in [-0.05, 0) is 31.5 Å². The lowest BCUT2D eigenvalue weighted by molar-refractivity contribution is 0.0540. The summed E-state index contributed by atoms with van der Waals surface area (Å²) in [7, 11) is 4.81. The summed E-state index contributed by atoms with van der Waals surface area (Å²) in [5.41, 5.74) is 2.01. The summed E-state index contributed by atoms with van der Waals surface area (Å²) in [4.78, 5) is 23.0. The minimum Gasteiger partial charge on any atom is -0.497 e. The molecule has 2 aromatic rings. The number of nitrogens with zero attached hydrogens (tertiary/aromatic N) is 3. The second kappa shape index (κ2) is 9.15. The van der Waals surface area contributed by atoms with E-state index < -0.39 is 0 Å². The van der Waals surface area contributed by atoms with E-state index in [2.05, 4.69) is 9.97 Å². The van der Waals surface area contributed by atoms with Crippen LogP contribution in [0, 0.1) is 6.92 Å². The van der Waals surface area contributed by atoms with Gasteiger partial charge in [0.15, 0.2) is 0 Å². The first-order valence-corrected chi connectivity index (χ1v) is 8.28. The maximum atomic E-state index is 13.1. The number of aromatic nitrogens is 2. The Kier molecular flexibility index (Phi) is 6.91. The molecule has 0 saturated carbocycles. The highest BCUT2D eigenvalue weighted by Crippen LogP contribution is 2.24. The SMILES string of the molecule is COCC(C)N(Cc1cc(OC)cc(OC)c1)C(=O)c1cncnc1C. The molecule has 26 heavy (non-hydrogen) atoms. The molecule has 1 unspecified atom stereocenters. The molecule has 0 aliphatic heterocycles. The Morgan fingerprint density at radius 2 is 1.81 bits per heavy atom. The number of hydrogen-bond donors (Lipinski definition) is 0. The third-order valence-electron chi connectivity index (χ3n) is 4.11. The molecule has 0 saturated heterocycles. The average Bonchev–Trinajstić information content (AvgIpc) is 2.65. The predicted octanol–water partition coefficient (Wildman–Crippen LogP) is 2.48. The van der Waals surface area contributed by atoms with Gasteiger partial charge in [0.05, 0.1) is 38.1 Å². The van der Waals surface area contributed by atoms with Gasteiger partial charge < -0.3 is 19.1 Å². The Labute approximate surface area is 153 Å². The number of amides is 1. The third kappa shape index (κ3) is 4.70. The van der Waals surface area contributed by atoms with E-state index in [1.165, 1.54) is 6.33 Å². The minimum atomic E-state index is -0.144. The highest BCUT2D eigenvalue weighted by atomic mass is 16.5. The van der Waals surface area contributed by atoms with Crippen LogP contribution < -0.4 is 9.47 Å². The maximum Gasteiger partial charge on any atom is 0.257 e. The molecular weight excluding hydrogens is 334 g/mol. The monoisotopic (exact) mass is 359 g/mol. The molecule has 1 atom stereocenters. The van der Waals surface area contributed by atoms with Crippen molar-refractivity contribution in [2.24, 2.45) is 0 Å². The van der Waals surface area contributed by atoms with E-state index in [-0.39, 0.29) is 11.9 Å². The molecule has 1 aromatic carbocycles. The minimum absolute atomic E-state index is 0.135. The molecule has 0 fully saturated rings. The van der Waals surface area contributed by atoms with E-state index in [0.29, 0.717) is 35.9 Å². The topological polar surface area (TPSA) is 73.8 Å². The molecule has 0 spiro atoms. The molecule has 7 heteroatoms. The standard InChI is InChI=1S/C19H25N3O4/c1-13(11-24-3)22(19(23)18-9-20-12-21-14(18)2)10-15-6-16(25-4)8-17(7-15)26-5/h6-9,12-13H,10-11H2,1-5H3. The fourth-order valence-corrected chi connectivity index (χ4v) is 2.67. The normalized spacial score (nSPS) is 11.7. The zero-order chi connectivity index (χ0) is 19.1. The molecule has 0 aliphatic rings. The second-order valence-electron chi connectivity index (χ2n) is 5.98. The summed E-state index contributed by atoms with van der Waals surface area (Å²) in [6, 6.07) is 5.43. The molecule has 7 nitrogen and oxygen atoms in total.